The highest BCUT2D eigenvalue weighted by Gasteiger charge is 2.22. The lowest BCUT2D eigenvalue weighted by molar-refractivity contribution is 0.0950. The number of nitrogens with zero attached hydrogens (tertiary/aromatic N) is 3. The van der Waals surface area contributed by atoms with Crippen LogP contribution in [-0.2, 0) is 23.1 Å². The average Bonchev–Trinajstić information content (AvgIpc) is 3.26. The van der Waals surface area contributed by atoms with Crippen LogP contribution >= 0.6 is 0 Å². The van der Waals surface area contributed by atoms with E-state index in [1.54, 1.807) is 38.5 Å². The molecule has 0 aliphatic carbocycles. The number of nitrogens with one attached hydrogen (secondary N) is 1. The summed E-state index contributed by atoms with van der Waals surface area (Å²) in [6, 6.07) is 14.1. The molecule has 0 aliphatic rings. The quantitative estimate of drug-likeness (QED) is 0.570. The van der Waals surface area contributed by atoms with Crippen molar-refractivity contribution in [3.8, 4) is 0 Å². The first-order valence-corrected chi connectivity index (χ1v) is 11.3. The molecule has 3 aromatic rings. The zero-order valence-corrected chi connectivity index (χ0v) is 18.0. The minimum absolute atomic E-state index is 0.126. The molecule has 30 heavy (non-hydrogen) atoms. The highest BCUT2D eigenvalue weighted by molar-refractivity contribution is 7.89. The summed E-state index contributed by atoms with van der Waals surface area (Å²) >= 11 is 0. The Balaban J connectivity index is 1.68. The van der Waals surface area contributed by atoms with Gasteiger partial charge in [-0.2, -0.15) is 4.31 Å². The molecular formula is C22H26N4O3S. The summed E-state index contributed by atoms with van der Waals surface area (Å²) in [4.78, 5) is 16.8. The monoisotopic (exact) mass is 426 g/mol. The third kappa shape index (κ3) is 5.14. The number of rotatable bonds is 9. The zero-order chi connectivity index (χ0) is 21.6. The van der Waals surface area contributed by atoms with Crippen LogP contribution in [0.15, 0.2) is 72.1 Å². The standard InChI is InChI=1S/C22H26N4O3S/c1-3-26(4-2)30(28,29)21-10-6-9-20(14-21)22(27)24-15-18-7-5-8-19(13-18)16-25-12-11-23-17-25/h5-14,17H,3-4,15-16H2,1-2H3,(H,24,27). The highest BCUT2D eigenvalue weighted by Crippen LogP contribution is 2.17. The number of benzene rings is 2. The smallest absolute Gasteiger partial charge is 0.251 e. The van der Waals surface area contributed by atoms with Gasteiger partial charge in [0.2, 0.25) is 10.0 Å². The van der Waals surface area contributed by atoms with Crippen molar-refractivity contribution in [2.75, 3.05) is 13.1 Å². The molecule has 1 N–H and O–H groups in total. The molecule has 0 atom stereocenters. The second-order valence-electron chi connectivity index (χ2n) is 6.85. The highest BCUT2D eigenvalue weighted by atomic mass is 32.2. The Morgan fingerprint density at radius 1 is 1.07 bits per heavy atom. The normalized spacial score (nSPS) is 11.6. The molecular weight excluding hydrogens is 400 g/mol. The van der Waals surface area contributed by atoms with E-state index in [0.29, 0.717) is 31.7 Å². The van der Waals surface area contributed by atoms with Crippen molar-refractivity contribution in [2.24, 2.45) is 0 Å². The van der Waals surface area contributed by atoms with Crippen LogP contribution in [-0.4, -0.2) is 41.3 Å². The van der Waals surface area contributed by atoms with E-state index in [0.717, 1.165) is 11.1 Å². The molecule has 158 valence electrons. The van der Waals surface area contributed by atoms with Gasteiger partial charge in [-0.25, -0.2) is 13.4 Å². The number of amides is 1. The van der Waals surface area contributed by atoms with Crippen LogP contribution in [0.25, 0.3) is 0 Å². The zero-order valence-electron chi connectivity index (χ0n) is 17.2. The van der Waals surface area contributed by atoms with Gasteiger partial charge in [-0.1, -0.05) is 44.2 Å². The molecule has 0 unspecified atom stereocenters. The van der Waals surface area contributed by atoms with Crippen molar-refractivity contribution >= 4 is 15.9 Å². The first kappa shape index (κ1) is 21.7. The number of carbonyl (C=O) groups is 1. The third-order valence-electron chi connectivity index (χ3n) is 4.81. The topological polar surface area (TPSA) is 84.3 Å². The molecule has 0 saturated carbocycles. The van der Waals surface area contributed by atoms with Gasteiger partial charge in [0.15, 0.2) is 0 Å². The minimum atomic E-state index is -3.61. The molecule has 7 nitrogen and oxygen atoms in total. The number of sulfonamides is 1. The molecule has 3 rings (SSSR count). The van der Waals surface area contributed by atoms with Crippen molar-refractivity contribution in [2.45, 2.75) is 31.8 Å². The molecule has 0 spiro atoms. The summed E-state index contributed by atoms with van der Waals surface area (Å²) in [6.45, 7) is 5.39. The van der Waals surface area contributed by atoms with Crippen LogP contribution in [0.4, 0.5) is 0 Å². The average molecular weight is 427 g/mol. The van der Waals surface area contributed by atoms with Crippen LogP contribution in [0.1, 0.15) is 35.3 Å². The van der Waals surface area contributed by atoms with Gasteiger partial charge in [0.25, 0.3) is 5.91 Å². The molecule has 0 saturated heterocycles. The molecule has 1 heterocycles. The van der Waals surface area contributed by atoms with Crippen molar-refractivity contribution in [1.29, 1.82) is 0 Å². The summed E-state index contributed by atoms with van der Waals surface area (Å²) in [5, 5.41) is 2.87. The van der Waals surface area contributed by atoms with Crippen molar-refractivity contribution < 1.29 is 13.2 Å². The minimum Gasteiger partial charge on any atom is -0.348 e. The molecule has 2 aromatic carbocycles. The lowest BCUT2D eigenvalue weighted by Crippen LogP contribution is -2.31. The van der Waals surface area contributed by atoms with Gasteiger partial charge in [0.05, 0.1) is 11.2 Å². The van der Waals surface area contributed by atoms with Gasteiger partial charge in [0, 0.05) is 44.1 Å². The van der Waals surface area contributed by atoms with Crippen LogP contribution in [0.2, 0.25) is 0 Å². The largest absolute Gasteiger partial charge is 0.348 e. The summed E-state index contributed by atoms with van der Waals surface area (Å²) in [5.74, 6) is -0.313. The molecule has 0 bridgehead atoms. The van der Waals surface area contributed by atoms with Crippen molar-refractivity contribution in [3.05, 3.63) is 83.9 Å². The maximum Gasteiger partial charge on any atom is 0.251 e. The van der Waals surface area contributed by atoms with Gasteiger partial charge >= 0.3 is 0 Å². The van der Waals surface area contributed by atoms with Gasteiger partial charge < -0.3 is 9.88 Å². The van der Waals surface area contributed by atoms with Gasteiger partial charge in [-0.3, -0.25) is 4.79 Å². The Morgan fingerprint density at radius 3 is 2.50 bits per heavy atom. The lowest BCUT2D eigenvalue weighted by Gasteiger charge is -2.18. The number of aromatic nitrogens is 2. The number of hydrogen-bond acceptors (Lipinski definition) is 4. The molecule has 0 fully saturated rings. The molecule has 0 radical (unpaired) electrons. The van der Waals surface area contributed by atoms with Gasteiger partial charge in [-0.15, -0.1) is 0 Å². The van der Waals surface area contributed by atoms with E-state index in [1.165, 1.54) is 16.4 Å². The van der Waals surface area contributed by atoms with E-state index in [9.17, 15) is 13.2 Å². The van der Waals surface area contributed by atoms with Crippen LogP contribution < -0.4 is 5.32 Å². The fraction of sp³-hybridized carbons (Fsp3) is 0.273. The molecule has 1 aromatic heterocycles. The first-order chi connectivity index (χ1) is 14.4. The van der Waals surface area contributed by atoms with Crippen LogP contribution in [0.3, 0.4) is 0 Å². The van der Waals surface area contributed by atoms with E-state index in [2.05, 4.69) is 10.3 Å². The first-order valence-electron chi connectivity index (χ1n) is 9.86. The van der Waals surface area contributed by atoms with E-state index in [1.807, 2.05) is 35.0 Å². The fourth-order valence-corrected chi connectivity index (χ4v) is 4.73. The summed E-state index contributed by atoms with van der Waals surface area (Å²) in [6.07, 6.45) is 5.39. The van der Waals surface area contributed by atoms with Gasteiger partial charge in [-0.05, 0) is 29.3 Å². The Bertz CT molecular complexity index is 1090. The number of carbonyl (C=O) groups excluding carboxylic acids is 1. The molecule has 8 heteroatoms. The summed E-state index contributed by atoms with van der Waals surface area (Å²) in [5.41, 5.74) is 2.39. The predicted octanol–water partition coefficient (Wildman–Crippen LogP) is 2.89. The van der Waals surface area contributed by atoms with E-state index in [-0.39, 0.29) is 10.8 Å². The predicted molar refractivity (Wildman–Crippen MR) is 115 cm³/mol. The van der Waals surface area contributed by atoms with Crippen LogP contribution in [0, 0.1) is 0 Å². The maximum absolute atomic E-state index is 12.7. The maximum atomic E-state index is 12.7. The van der Waals surface area contributed by atoms with E-state index in [4.69, 9.17) is 0 Å². The second kappa shape index (κ2) is 9.69. The molecule has 0 aliphatic heterocycles. The van der Waals surface area contributed by atoms with Gasteiger partial charge in [0.1, 0.15) is 0 Å². The van der Waals surface area contributed by atoms with E-state index < -0.39 is 10.0 Å². The van der Waals surface area contributed by atoms with E-state index >= 15 is 0 Å². The van der Waals surface area contributed by atoms with Crippen molar-refractivity contribution in [3.63, 3.8) is 0 Å². The Kier molecular flexibility index (Phi) is 7.02. The second-order valence-corrected chi connectivity index (χ2v) is 8.79. The number of imidazole rings is 1. The third-order valence-corrected chi connectivity index (χ3v) is 6.85. The van der Waals surface area contributed by atoms with Crippen molar-refractivity contribution in [1.82, 2.24) is 19.2 Å². The SMILES string of the molecule is CCN(CC)S(=O)(=O)c1cccc(C(=O)NCc2cccc(Cn3ccnc3)c2)c1. The molecule has 1 amide bonds. The van der Waals surface area contributed by atoms with Crippen LogP contribution in [0.5, 0.6) is 0 Å². The summed E-state index contributed by atoms with van der Waals surface area (Å²) in [7, 11) is -3.61. The Morgan fingerprint density at radius 2 is 1.80 bits per heavy atom. The lowest BCUT2D eigenvalue weighted by atomic mass is 10.1. The number of hydrogen-bond donors (Lipinski definition) is 1. The fourth-order valence-electron chi connectivity index (χ4n) is 3.22. The Labute approximate surface area is 177 Å². The Hall–Kier alpha value is -2.97. The summed E-state index contributed by atoms with van der Waals surface area (Å²) < 4.78 is 28.8.